The third-order valence-corrected chi connectivity index (χ3v) is 4.74. The van der Waals surface area contributed by atoms with E-state index in [-0.39, 0.29) is 24.0 Å². The van der Waals surface area contributed by atoms with Gasteiger partial charge in [0, 0.05) is 12.9 Å². The zero-order valence-electron chi connectivity index (χ0n) is 8.89. The summed E-state index contributed by atoms with van der Waals surface area (Å²) in [5, 5.41) is 9.00. The van der Waals surface area contributed by atoms with E-state index in [1.165, 1.54) is 7.11 Å². The van der Waals surface area contributed by atoms with Crippen LogP contribution in [0.2, 0.25) is 0 Å². The highest BCUT2D eigenvalue weighted by molar-refractivity contribution is 7.91. The van der Waals surface area contributed by atoms with Crippen LogP contribution in [0.5, 0.6) is 0 Å². The van der Waals surface area contributed by atoms with Gasteiger partial charge in [0.2, 0.25) is 0 Å². The van der Waals surface area contributed by atoms with E-state index in [2.05, 4.69) is 0 Å². The van der Waals surface area contributed by atoms with Crippen molar-refractivity contribution in [2.24, 2.45) is 11.3 Å². The van der Waals surface area contributed by atoms with E-state index in [1.807, 2.05) is 0 Å². The van der Waals surface area contributed by atoms with Gasteiger partial charge in [0.15, 0.2) is 0 Å². The van der Waals surface area contributed by atoms with E-state index in [0.717, 1.165) is 0 Å². The third kappa shape index (κ3) is 2.49. The molecule has 1 aliphatic carbocycles. The minimum atomic E-state index is -3.10. The SMILES string of the molecule is CCS(=O)(=O)C[C@@H]1C[C@@]1(COC)C(=O)O. The summed E-state index contributed by atoms with van der Waals surface area (Å²) in [5.74, 6) is -1.23. The van der Waals surface area contributed by atoms with Crippen molar-refractivity contribution in [3.8, 4) is 0 Å². The molecular weight excluding hydrogens is 220 g/mol. The number of carboxylic acid groups (broad SMARTS) is 1. The van der Waals surface area contributed by atoms with Gasteiger partial charge in [0.1, 0.15) is 9.84 Å². The van der Waals surface area contributed by atoms with Crippen LogP contribution in [-0.4, -0.2) is 44.7 Å². The second-order valence-electron chi connectivity index (χ2n) is 3.99. The quantitative estimate of drug-likeness (QED) is 0.710. The molecule has 1 saturated carbocycles. The van der Waals surface area contributed by atoms with Gasteiger partial charge in [-0.05, 0) is 12.3 Å². The highest BCUT2D eigenvalue weighted by atomic mass is 32.2. The Morgan fingerprint density at radius 3 is 2.60 bits per heavy atom. The van der Waals surface area contributed by atoms with E-state index < -0.39 is 21.2 Å². The second-order valence-corrected chi connectivity index (χ2v) is 6.39. The average Bonchev–Trinajstić information content (AvgIpc) is 2.80. The van der Waals surface area contributed by atoms with Crippen molar-refractivity contribution in [2.75, 3.05) is 25.2 Å². The average molecular weight is 236 g/mol. The Balaban J connectivity index is 2.67. The predicted octanol–water partition coefficient (Wildman–Crippen LogP) is 0.158. The molecule has 2 atom stereocenters. The second kappa shape index (κ2) is 4.09. The predicted molar refractivity (Wildman–Crippen MR) is 54.4 cm³/mol. The summed E-state index contributed by atoms with van der Waals surface area (Å²) in [6.07, 6.45) is 0.398. The largest absolute Gasteiger partial charge is 0.481 e. The third-order valence-electron chi connectivity index (χ3n) is 2.95. The molecule has 88 valence electrons. The Hall–Kier alpha value is -0.620. The van der Waals surface area contributed by atoms with Gasteiger partial charge in [0.25, 0.3) is 0 Å². The molecule has 0 spiro atoms. The zero-order chi connectivity index (χ0) is 11.7. The van der Waals surface area contributed by atoms with Gasteiger partial charge >= 0.3 is 5.97 Å². The molecule has 5 nitrogen and oxygen atoms in total. The fraction of sp³-hybridized carbons (Fsp3) is 0.889. The summed E-state index contributed by atoms with van der Waals surface area (Å²) in [4.78, 5) is 11.0. The molecule has 0 saturated heterocycles. The van der Waals surface area contributed by atoms with Crippen molar-refractivity contribution in [1.82, 2.24) is 0 Å². The molecule has 1 N–H and O–H groups in total. The number of sulfone groups is 1. The molecule has 15 heavy (non-hydrogen) atoms. The molecule has 0 aromatic rings. The van der Waals surface area contributed by atoms with Gasteiger partial charge in [-0.3, -0.25) is 4.79 Å². The summed E-state index contributed by atoms with van der Waals surface area (Å²) < 4.78 is 27.5. The molecule has 1 fully saturated rings. The number of ether oxygens (including phenoxy) is 1. The lowest BCUT2D eigenvalue weighted by Gasteiger charge is -2.10. The van der Waals surface area contributed by atoms with Gasteiger partial charge in [-0.2, -0.15) is 0 Å². The van der Waals surface area contributed by atoms with Gasteiger partial charge in [-0.1, -0.05) is 6.92 Å². The summed E-state index contributed by atoms with van der Waals surface area (Å²) in [6, 6.07) is 0. The number of hydrogen-bond acceptors (Lipinski definition) is 4. The molecule has 1 rings (SSSR count). The first-order valence-corrected chi connectivity index (χ1v) is 6.63. The van der Waals surface area contributed by atoms with Crippen LogP contribution in [0, 0.1) is 11.3 Å². The smallest absolute Gasteiger partial charge is 0.312 e. The molecule has 0 radical (unpaired) electrons. The minimum absolute atomic E-state index is 0.0425. The monoisotopic (exact) mass is 236 g/mol. The molecule has 1 aliphatic rings. The summed E-state index contributed by atoms with van der Waals surface area (Å²) in [5.41, 5.74) is -0.961. The van der Waals surface area contributed by atoms with Crippen molar-refractivity contribution in [3.05, 3.63) is 0 Å². The maximum atomic E-state index is 11.3. The summed E-state index contributed by atoms with van der Waals surface area (Å²) >= 11 is 0. The van der Waals surface area contributed by atoms with Gasteiger partial charge in [-0.15, -0.1) is 0 Å². The van der Waals surface area contributed by atoms with E-state index in [0.29, 0.717) is 6.42 Å². The molecule has 0 aliphatic heterocycles. The van der Waals surface area contributed by atoms with Crippen LogP contribution in [-0.2, 0) is 19.4 Å². The van der Waals surface area contributed by atoms with Crippen LogP contribution >= 0.6 is 0 Å². The van der Waals surface area contributed by atoms with Gasteiger partial charge in [-0.25, -0.2) is 8.42 Å². The van der Waals surface area contributed by atoms with Crippen molar-refractivity contribution in [1.29, 1.82) is 0 Å². The standard InChI is InChI=1S/C9H16O5S/c1-3-15(12,13)5-7-4-9(7,6-14-2)8(10)11/h7H,3-6H2,1-2H3,(H,10,11)/t7-,9-/m0/s1. The van der Waals surface area contributed by atoms with Gasteiger partial charge in [0.05, 0.1) is 17.8 Å². The normalized spacial score (nSPS) is 30.1. The van der Waals surface area contributed by atoms with E-state index in [9.17, 15) is 13.2 Å². The van der Waals surface area contributed by atoms with Crippen LogP contribution in [0.25, 0.3) is 0 Å². The van der Waals surface area contributed by atoms with Crippen molar-refractivity contribution >= 4 is 15.8 Å². The van der Waals surface area contributed by atoms with Crippen molar-refractivity contribution in [2.45, 2.75) is 13.3 Å². The van der Waals surface area contributed by atoms with Crippen LogP contribution < -0.4 is 0 Å². The van der Waals surface area contributed by atoms with E-state index in [1.54, 1.807) is 6.92 Å². The zero-order valence-corrected chi connectivity index (χ0v) is 9.71. The maximum Gasteiger partial charge on any atom is 0.312 e. The first-order valence-electron chi connectivity index (χ1n) is 4.80. The van der Waals surface area contributed by atoms with Crippen molar-refractivity contribution < 1.29 is 23.1 Å². The lowest BCUT2D eigenvalue weighted by molar-refractivity contribution is -0.146. The number of aliphatic carboxylic acids is 1. The minimum Gasteiger partial charge on any atom is -0.481 e. The van der Waals surface area contributed by atoms with Crippen molar-refractivity contribution in [3.63, 3.8) is 0 Å². The number of hydrogen-bond donors (Lipinski definition) is 1. The van der Waals surface area contributed by atoms with E-state index >= 15 is 0 Å². The molecule has 0 aromatic carbocycles. The molecule has 0 heterocycles. The lowest BCUT2D eigenvalue weighted by atomic mass is 10.1. The van der Waals surface area contributed by atoms with Gasteiger partial charge < -0.3 is 9.84 Å². The molecular formula is C9H16O5S. The lowest BCUT2D eigenvalue weighted by Crippen LogP contribution is -2.26. The molecule has 6 heteroatoms. The highest BCUT2D eigenvalue weighted by Gasteiger charge is 2.61. The summed E-state index contributed by atoms with van der Waals surface area (Å²) in [7, 11) is -1.67. The van der Waals surface area contributed by atoms with Crippen LogP contribution in [0.15, 0.2) is 0 Å². The molecule has 0 amide bonds. The fourth-order valence-electron chi connectivity index (χ4n) is 1.78. The number of methoxy groups -OCH3 is 1. The number of rotatable bonds is 6. The first kappa shape index (κ1) is 12.4. The van der Waals surface area contributed by atoms with Crippen LogP contribution in [0.3, 0.4) is 0 Å². The Morgan fingerprint density at radius 2 is 2.20 bits per heavy atom. The summed E-state index contributed by atoms with van der Waals surface area (Å²) in [6.45, 7) is 1.66. The first-order chi connectivity index (χ1) is 6.88. The number of carbonyl (C=O) groups is 1. The maximum absolute atomic E-state index is 11.3. The Labute approximate surface area is 89.3 Å². The molecule has 0 aromatic heterocycles. The number of carboxylic acids is 1. The Kier molecular flexibility index (Phi) is 3.40. The van der Waals surface area contributed by atoms with Crippen LogP contribution in [0.1, 0.15) is 13.3 Å². The molecule has 0 unspecified atom stereocenters. The van der Waals surface area contributed by atoms with Crippen LogP contribution in [0.4, 0.5) is 0 Å². The highest BCUT2D eigenvalue weighted by Crippen LogP contribution is 2.53. The molecule has 0 bridgehead atoms. The fourth-order valence-corrected chi connectivity index (χ4v) is 3.07. The Bertz CT molecular complexity index is 348. The topological polar surface area (TPSA) is 80.7 Å². The Morgan fingerprint density at radius 1 is 1.60 bits per heavy atom. The van der Waals surface area contributed by atoms with E-state index in [4.69, 9.17) is 9.84 Å².